The van der Waals surface area contributed by atoms with Gasteiger partial charge >= 0.3 is 0 Å². The second kappa shape index (κ2) is 4.47. The summed E-state index contributed by atoms with van der Waals surface area (Å²) in [6, 6.07) is 8.76. The van der Waals surface area contributed by atoms with Crippen molar-refractivity contribution in [2.24, 2.45) is 0 Å². The molecule has 0 amide bonds. The van der Waals surface area contributed by atoms with E-state index in [4.69, 9.17) is 5.26 Å². The summed E-state index contributed by atoms with van der Waals surface area (Å²) in [5, 5.41) is 8.87. The molecule has 0 aromatic heterocycles. The Kier molecular flexibility index (Phi) is 3.01. The second-order valence-corrected chi connectivity index (χ2v) is 4.45. The summed E-state index contributed by atoms with van der Waals surface area (Å²) >= 11 is 0. The van der Waals surface area contributed by atoms with E-state index in [0.29, 0.717) is 5.57 Å². The van der Waals surface area contributed by atoms with Crippen molar-refractivity contribution in [2.45, 2.75) is 19.9 Å². The summed E-state index contributed by atoms with van der Waals surface area (Å²) in [5.41, 5.74) is 4.63. The number of hydrogen-bond donors (Lipinski definition) is 0. The van der Waals surface area contributed by atoms with Gasteiger partial charge in [0.15, 0.2) is 0 Å². The molecular weight excluding hydrogens is 208 g/mol. The van der Waals surface area contributed by atoms with Gasteiger partial charge in [0.25, 0.3) is 0 Å². The number of rotatable bonds is 1. The first kappa shape index (κ1) is 11.5. The normalized spacial score (nSPS) is 18.8. The minimum atomic E-state index is 0.229. The van der Waals surface area contributed by atoms with Crippen LogP contribution in [0.5, 0.6) is 0 Å². The Labute approximate surface area is 102 Å². The SMILES string of the molecule is Cc1cccc(C2C=CC(C#N)=CN2C)c1C. The molecule has 2 heteroatoms. The molecule has 1 aliphatic heterocycles. The zero-order valence-electron chi connectivity index (χ0n) is 10.4. The smallest absolute Gasteiger partial charge is 0.101 e. The Morgan fingerprint density at radius 2 is 2.06 bits per heavy atom. The van der Waals surface area contributed by atoms with E-state index >= 15 is 0 Å². The van der Waals surface area contributed by atoms with E-state index in [1.807, 2.05) is 19.3 Å². The Hall–Kier alpha value is -2.01. The first-order valence-corrected chi connectivity index (χ1v) is 5.71. The van der Waals surface area contributed by atoms with Crippen molar-refractivity contribution < 1.29 is 0 Å². The van der Waals surface area contributed by atoms with Crippen molar-refractivity contribution in [3.05, 3.63) is 58.8 Å². The molecule has 86 valence electrons. The number of hydrogen-bond acceptors (Lipinski definition) is 2. The molecule has 1 aromatic rings. The quantitative estimate of drug-likeness (QED) is 0.732. The molecule has 0 radical (unpaired) electrons. The second-order valence-electron chi connectivity index (χ2n) is 4.45. The predicted octanol–water partition coefficient (Wildman–Crippen LogP) is 3.25. The van der Waals surface area contributed by atoms with Gasteiger partial charge in [-0.1, -0.05) is 24.3 Å². The highest BCUT2D eigenvalue weighted by atomic mass is 15.1. The molecule has 0 fully saturated rings. The molecule has 2 rings (SSSR count). The monoisotopic (exact) mass is 224 g/mol. The highest BCUT2D eigenvalue weighted by molar-refractivity contribution is 5.42. The van der Waals surface area contributed by atoms with Crippen LogP contribution < -0.4 is 0 Å². The Morgan fingerprint density at radius 3 is 2.71 bits per heavy atom. The van der Waals surface area contributed by atoms with E-state index in [1.165, 1.54) is 16.7 Å². The van der Waals surface area contributed by atoms with Gasteiger partial charge in [-0.2, -0.15) is 5.26 Å². The van der Waals surface area contributed by atoms with Crippen molar-refractivity contribution in [3.8, 4) is 6.07 Å². The molecule has 1 atom stereocenters. The van der Waals surface area contributed by atoms with Crippen LogP contribution >= 0.6 is 0 Å². The van der Waals surface area contributed by atoms with Gasteiger partial charge in [-0.25, -0.2) is 0 Å². The van der Waals surface area contributed by atoms with Crippen LogP contribution in [0.15, 0.2) is 42.1 Å². The number of aryl methyl sites for hydroxylation is 1. The lowest BCUT2D eigenvalue weighted by Crippen LogP contribution is -2.21. The zero-order chi connectivity index (χ0) is 12.4. The van der Waals surface area contributed by atoms with E-state index in [2.05, 4.69) is 49.1 Å². The molecule has 1 aliphatic rings. The third kappa shape index (κ3) is 2.09. The molecule has 1 heterocycles. The largest absolute Gasteiger partial charge is 0.369 e. The predicted molar refractivity (Wildman–Crippen MR) is 69.3 cm³/mol. The lowest BCUT2D eigenvalue weighted by molar-refractivity contribution is 0.386. The van der Waals surface area contributed by atoms with E-state index in [1.54, 1.807) is 0 Å². The van der Waals surface area contributed by atoms with Crippen LogP contribution in [0.1, 0.15) is 22.7 Å². The molecule has 0 aliphatic carbocycles. The summed E-state index contributed by atoms with van der Waals surface area (Å²) in [6.07, 6.45) is 5.87. The van der Waals surface area contributed by atoms with Crippen LogP contribution in [0.4, 0.5) is 0 Å². The average Bonchev–Trinajstić information content (AvgIpc) is 2.33. The Morgan fingerprint density at radius 1 is 1.29 bits per heavy atom. The summed E-state index contributed by atoms with van der Waals surface area (Å²) in [5.74, 6) is 0. The maximum Gasteiger partial charge on any atom is 0.101 e. The van der Waals surface area contributed by atoms with Gasteiger partial charge in [-0.05, 0) is 36.6 Å². The average molecular weight is 224 g/mol. The van der Waals surface area contributed by atoms with Crippen molar-refractivity contribution in [1.82, 2.24) is 4.90 Å². The molecule has 1 unspecified atom stereocenters. The summed E-state index contributed by atoms with van der Waals surface area (Å²) in [6.45, 7) is 4.28. The molecule has 0 spiro atoms. The van der Waals surface area contributed by atoms with E-state index < -0.39 is 0 Å². The van der Waals surface area contributed by atoms with E-state index in [-0.39, 0.29) is 6.04 Å². The highest BCUT2D eigenvalue weighted by Gasteiger charge is 2.17. The molecule has 2 nitrogen and oxygen atoms in total. The maximum atomic E-state index is 8.87. The molecule has 0 saturated carbocycles. The van der Waals surface area contributed by atoms with E-state index in [9.17, 15) is 0 Å². The van der Waals surface area contributed by atoms with Crippen LogP contribution in [0.25, 0.3) is 0 Å². The van der Waals surface area contributed by atoms with Crippen LogP contribution in [0, 0.1) is 25.2 Å². The molecule has 0 N–H and O–H groups in total. The van der Waals surface area contributed by atoms with Gasteiger partial charge in [0, 0.05) is 13.2 Å². The topological polar surface area (TPSA) is 27.0 Å². The molecule has 1 aromatic carbocycles. The Bertz CT molecular complexity index is 532. The molecular formula is C15H16N2. The summed E-state index contributed by atoms with van der Waals surface area (Å²) < 4.78 is 0. The first-order valence-electron chi connectivity index (χ1n) is 5.71. The van der Waals surface area contributed by atoms with E-state index in [0.717, 1.165) is 0 Å². The van der Waals surface area contributed by atoms with Crippen molar-refractivity contribution in [3.63, 3.8) is 0 Å². The highest BCUT2D eigenvalue weighted by Crippen LogP contribution is 2.29. The lowest BCUT2D eigenvalue weighted by Gasteiger charge is -2.29. The van der Waals surface area contributed by atoms with Gasteiger partial charge < -0.3 is 4.90 Å². The van der Waals surface area contributed by atoms with Crippen LogP contribution in [-0.2, 0) is 0 Å². The summed E-state index contributed by atoms with van der Waals surface area (Å²) in [7, 11) is 2.01. The fourth-order valence-electron chi connectivity index (χ4n) is 2.16. The molecule has 0 bridgehead atoms. The maximum absolute atomic E-state index is 8.87. The minimum Gasteiger partial charge on any atom is -0.369 e. The summed E-state index contributed by atoms with van der Waals surface area (Å²) in [4.78, 5) is 2.08. The Balaban J connectivity index is 2.38. The molecule has 0 saturated heterocycles. The fourth-order valence-corrected chi connectivity index (χ4v) is 2.16. The van der Waals surface area contributed by atoms with Crippen LogP contribution in [-0.4, -0.2) is 11.9 Å². The van der Waals surface area contributed by atoms with Crippen LogP contribution in [0.3, 0.4) is 0 Å². The first-order chi connectivity index (χ1) is 8.13. The molecule has 17 heavy (non-hydrogen) atoms. The van der Waals surface area contributed by atoms with Gasteiger partial charge in [-0.15, -0.1) is 0 Å². The number of benzene rings is 1. The standard InChI is InChI=1S/C15H16N2/c1-11-5-4-6-14(12(11)2)15-8-7-13(9-16)10-17(15)3/h4-8,10,15H,1-3H3. The minimum absolute atomic E-state index is 0.229. The number of allylic oxidation sites excluding steroid dienone is 2. The fraction of sp³-hybridized carbons (Fsp3) is 0.267. The van der Waals surface area contributed by atoms with Gasteiger partial charge in [0.05, 0.1) is 11.6 Å². The number of likely N-dealkylation sites (N-methyl/N-ethyl adjacent to an activating group) is 1. The van der Waals surface area contributed by atoms with Crippen LogP contribution in [0.2, 0.25) is 0 Å². The van der Waals surface area contributed by atoms with Crippen molar-refractivity contribution in [1.29, 1.82) is 5.26 Å². The van der Waals surface area contributed by atoms with Gasteiger partial charge in [0.2, 0.25) is 0 Å². The number of nitriles is 1. The van der Waals surface area contributed by atoms with Gasteiger partial charge in [-0.3, -0.25) is 0 Å². The van der Waals surface area contributed by atoms with Crippen molar-refractivity contribution in [2.75, 3.05) is 7.05 Å². The zero-order valence-corrected chi connectivity index (χ0v) is 10.4. The third-order valence-electron chi connectivity index (χ3n) is 3.33. The number of nitrogens with zero attached hydrogens (tertiary/aromatic N) is 2. The van der Waals surface area contributed by atoms with Gasteiger partial charge in [0.1, 0.15) is 6.07 Å². The lowest BCUT2D eigenvalue weighted by atomic mass is 9.95. The third-order valence-corrected chi connectivity index (χ3v) is 3.33. The van der Waals surface area contributed by atoms with Crippen molar-refractivity contribution >= 4 is 0 Å².